The summed E-state index contributed by atoms with van der Waals surface area (Å²) < 4.78 is 28.0. The molecule has 3 aromatic rings. The van der Waals surface area contributed by atoms with Gasteiger partial charge in [0.05, 0.1) is 5.56 Å². The summed E-state index contributed by atoms with van der Waals surface area (Å²) in [4.78, 5) is 39.8. The normalized spacial score (nSPS) is 17.4. The third-order valence-electron chi connectivity index (χ3n) is 8.16. The van der Waals surface area contributed by atoms with Gasteiger partial charge in [-0.15, -0.1) is 0 Å². The van der Waals surface area contributed by atoms with Crippen molar-refractivity contribution in [1.29, 1.82) is 0 Å². The minimum absolute atomic E-state index is 0.0229. The third-order valence-corrected chi connectivity index (χ3v) is 8.16. The van der Waals surface area contributed by atoms with E-state index >= 15 is 0 Å². The Hall–Kier alpha value is -4.07. The van der Waals surface area contributed by atoms with Crippen molar-refractivity contribution in [2.75, 3.05) is 18.4 Å². The van der Waals surface area contributed by atoms with Crippen LogP contribution in [-0.2, 0) is 4.79 Å². The standard InChI is InChI=1S/C32H33F2N3O3/c1-3-4-29(38)35-27-12-8-23(17-20(27)2)31(40)37-15-13-32(14-16-37)19-28(32)36-30(39)25-11-7-22(18-26(25)34)21-5-9-24(33)10-6-21/h5-12,17-18,28H,3-4,13-16,19H2,1-2H3,(H,35,38)(H,36,39). The van der Waals surface area contributed by atoms with Gasteiger partial charge in [-0.3, -0.25) is 14.4 Å². The summed E-state index contributed by atoms with van der Waals surface area (Å²) in [6, 6.07) is 15.5. The lowest BCUT2D eigenvalue weighted by Gasteiger charge is -2.33. The van der Waals surface area contributed by atoms with E-state index in [1.807, 2.05) is 24.8 Å². The predicted octanol–water partition coefficient (Wildman–Crippen LogP) is 6.10. The molecule has 5 rings (SSSR count). The van der Waals surface area contributed by atoms with Crippen LogP contribution in [0.25, 0.3) is 11.1 Å². The molecule has 40 heavy (non-hydrogen) atoms. The van der Waals surface area contributed by atoms with E-state index < -0.39 is 11.7 Å². The summed E-state index contributed by atoms with van der Waals surface area (Å²) in [5, 5.41) is 5.87. The van der Waals surface area contributed by atoms with Crippen molar-refractivity contribution < 1.29 is 23.2 Å². The van der Waals surface area contributed by atoms with Crippen molar-refractivity contribution in [3.05, 3.63) is 89.0 Å². The number of amides is 3. The lowest BCUT2D eigenvalue weighted by molar-refractivity contribution is -0.116. The van der Waals surface area contributed by atoms with E-state index in [9.17, 15) is 23.2 Å². The summed E-state index contributed by atoms with van der Waals surface area (Å²) in [5.41, 5.74) is 3.28. The minimum Gasteiger partial charge on any atom is -0.349 e. The van der Waals surface area contributed by atoms with Gasteiger partial charge in [-0.2, -0.15) is 0 Å². The molecule has 1 unspecified atom stereocenters. The molecule has 3 amide bonds. The van der Waals surface area contributed by atoms with Crippen LogP contribution in [0.5, 0.6) is 0 Å². The Morgan fingerprint density at radius 3 is 2.30 bits per heavy atom. The number of benzene rings is 3. The van der Waals surface area contributed by atoms with Crippen LogP contribution in [0, 0.1) is 24.0 Å². The first-order valence-electron chi connectivity index (χ1n) is 13.8. The highest BCUT2D eigenvalue weighted by Crippen LogP contribution is 2.54. The Kier molecular flexibility index (Phi) is 7.70. The second kappa shape index (κ2) is 11.2. The predicted molar refractivity (Wildman–Crippen MR) is 150 cm³/mol. The fraction of sp³-hybridized carbons (Fsp3) is 0.344. The molecule has 1 heterocycles. The first-order chi connectivity index (χ1) is 19.2. The van der Waals surface area contributed by atoms with Gasteiger partial charge in [0, 0.05) is 36.8 Å². The summed E-state index contributed by atoms with van der Waals surface area (Å²) in [6.45, 7) is 4.99. The van der Waals surface area contributed by atoms with E-state index in [1.54, 1.807) is 30.3 Å². The molecule has 1 spiro atoms. The number of aryl methyl sites for hydroxylation is 1. The number of hydrogen-bond donors (Lipinski definition) is 2. The Morgan fingerprint density at radius 1 is 0.950 bits per heavy atom. The van der Waals surface area contributed by atoms with E-state index in [1.165, 1.54) is 24.3 Å². The Balaban J connectivity index is 1.15. The first-order valence-corrected chi connectivity index (χ1v) is 13.8. The van der Waals surface area contributed by atoms with Gasteiger partial charge in [0.25, 0.3) is 11.8 Å². The summed E-state index contributed by atoms with van der Waals surface area (Å²) in [5.74, 6) is -1.53. The zero-order valence-corrected chi connectivity index (χ0v) is 22.7. The van der Waals surface area contributed by atoms with Crippen molar-refractivity contribution in [2.45, 2.75) is 52.0 Å². The van der Waals surface area contributed by atoms with Crippen molar-refractivity contribution >= 4 is 23.4 Å². The maximum absolute atomic E-state index is 14.8. The number of halogens is 2. The van der Waals surface area contributed by atoms with Crippen molar-refractivity contribution in [3.8, 4) is 11.1 Å². The smallest absolute Gasteiger partial charge is 0.254 e. The second-order valence-corrected chi connectivity index (χ2v) is 10.9. The number of rotatable bonds is 7. The highest BCUT2D eigenvalue weighted by atomic mass is 19.1. The Bertz CT molecular complexity index is 1450. The average molecular weight is 546 g/mol. The molecular formula is C32H33F2N3O3. The first kappa shape index (κ1) is 27.5. The molecule has 2 aliphatic rings. The zero-order chi connectivity index (χ0) is 28.4. The van der Waals surface area contributed by atoms with Gasteiger partial charge in [0.2, 0.25) is 5.91 Å². The zero-order valence-electron chi connectivity index (χ0n) is 22.7. The number of nitrogens with zero attached hydrogens (tertiary/aromatic N) is 1. The molecule has 208 valence electrons. The fourth-order valence-corrected chi connectivity index (χ4v) is 5.58. The molecule has 6 nitrogen and oxygen atoms in total. The molecule has 1 saturated carbocycles. The molecule has 2 fully saturated rings. The lowest BCUT2D eigenvalue weighted by Crippen LogP contribution is -2.41. The SMILES string of the molecule is CCCC(=O)Nc1ccc(C(=O)N2CCC3(CC2)CC3NC(=O)c2ccc(-c3ccc(F)cc3)cc2F)cc1C. The molecule has 1 aliphatic heterocycles. The number of nitrogens with one attached hydrogen (secondary N) is 2. The molecule has 0 aromatic heterocycles. The second-order valence-electron chi connectivity index (χ2n) is 10.9. The van der Waals surface area contributed by atoms with Crippen LogP contribution in [0.2, 0.25) is 0 Å². The maximum Gasteiger partial charge on any atom is 0.254 e. The van der Waals surface area contributed by atoms with Crippen LogP contribution in [0.15, 0.2) is 60.7 Å². The van der Waals surface area contributed by atoms with Crippen LogP contribution in [0.1, 0.15) is 65.3 Å². The third kappa shape index (κ3) is 5.76. The molecule has 1 atom stereocenters. The average Bonchev–Trinajstić information content (AvgIpc) is 3.60. The number of carbonyl (C=O) groups is 3. The number of anilines is 1. The molecule has 2 N–H and O–H groups in total. The van der Waals surface area contributed by atoms with Gasteiger partial charge in [0.1, 0.15) is 11.6 Å². The van der Waals surface area contributed by atoms with Crippen molar-refractivity contribution in [3.63, 3.8) is 0 Å². The number of piperidine rings is 1. The van der Waals surface area contributed by atoms with Gasteiger partial charge in [-0.25, -0.2) is 8.78 Å². The monoisotopic (exact) mass is 545 g/mol. The van der Waals surface area contributed by atoms with E-state index in [0.29, 0.717) is 41.9 Å². The summed E-state index contributed by atoms with van der Waals surface area (Å²) in [6.07, 6.45) is 3.56. The van der Waals surface area contributed by atoms with E-state index in [2.05, 4.69) is 10.6 Å². The summed E-state index contributed by atoms with van der Waals surface area (Å²) in [7, 11) is 0. The van der Waals surface area contributed by atoms with Crippen LogP contribution < -0.4 is 10.6 Å². The Morgan fingerprint density at radius 2 is 1.65 bits per heavy atom. The summed E-state index contributed by atoms with van der Waals surface area (Å²) >= 11 is 0. The van der Waals surface area contributed by atoms with Gasteiger partial charge in [-0.1, -0.05) is 25.1 Å². The topological polar surface area (TPSA) is 78.5 Å². The molecular weight excluding hydrogens is 512 g/mol. The fourth-order valence-electron chi connectivity index (χ4n) is 5.58. The quantitative estimate of drug-likeness (QED) is 0.376. The van der Waals surface area contributed by atoms with Crippen molar-refractivity contribution in [1.82, 2.24) is 10.2 Å². The van der Waals surface area contributed by atoms with Crippen LogP contribution >= 0.6 is 0 Å². The molecule has 8 heteroatoms. The minimum atomic E-state index is -0.624. The highest BCUT2D eigenvalue weighted by molar-refractivity contribution is 5.97. The van der Waals surface area contributed by atoms with Gasteiger partial charge in [-0.05, 0) is 97.2 Å². The van der Waals surface area contributed by atoms with Crippen LogP contribution in [-0.4, -0.2) is 41.8 Å². The number of likely N-dealkylation sites (tertiary alicyclic amines) is 1. The van der Waals surface area contributed by atoms with Crippen LogP contribution in [0.4, 0.5) is 14.5 Å². The lowest BCUT2D eigenvalue weighted by atomic mass is 9.92. The number of hydrogen-bond acceptors (Lipinski definition) is 3. The molecule has 0 bridgehead atoms. The van der Waals surface area contributed by atoms with Crippen molar-refractivity contribution in [2.24, 2.45) is 5.41 Å². The van der Waals surface area contributed by atoms with Gasteiger partial charge >= 0.3 is 0 Å². The van der Waals surface area contributed by atoms with Crippen LogP contribution in [0.3, 0.4) is 0 Å². The molecule has 1 aliphatic carbocycles. The molecule has 0 radical (unpaired) electrons. The van der Waals surface area contributed by atoms with E-state index in [-0.39, 0.29) is 34.7 Å². The Labute approximate surface area is 232 Å². The maximum atomic E-state index is 14.8. The van der Waals surface area contributed by atoms with E-state index in [4.69, 9.17) is 0 Å². The number of carbonyl (C=O) groups excluding carboxylic acids is 3. The molecule has 3 aromatic carbocycles. The van der Waals surface area contributed by atoms with Gasteiger partial charge < -0.3 is 15.5 Å². The largest absolute Gasteiger partial charge is 0.349 e. The van der Waals surface area contributed by atoms with E-state index in [0.717, 1.165) is 31.2 Å². The molecule has 1 saturated heterocycles. The highest BCUT2D eigenvalue weighted by Gasteiger charge is 2.56. The van der Waals surface area contributed by atoms with Gasteiger partial charge in [0.15, 0.2) is 0 Å².